The van der Waals surface area contributed by atoms with Crippen LogP contribution in [-0.4, -0.2) is 35.2 Å². The smallest absolute Gasteiger partial charge is 0.303 e. The molecule has 122 valence electrons. The molecule has 2 rings (SSSR count). The van der Waals surface area contributed by atoms with Gasteiger partial charge in [-0.2, -0.15) is 0 Å². The van der Waals surface area contributed by atoms with Crippen molar-refractivity contribution < 1.29 is 19.8 Å². The van der Waals surface area contributed by atoms with Crippen molar-refractivity contribution in [2.75, 3.05) is 13.1 Å². The van der Waals surface area contributed by atoms with Crippen molar-refractivity contribution in [2.45, 2.75) is 38.5 Å². The van der Waals surface area contributed by atoms with E-state index in [1.807, 2.05) is 6.07 Å². The summed E-state index contributed by atoms with van der Waals surface area (Å²) in [6, 6.07) is 6.24. The van der Waals surface area contributed by atoms with Crippen LogP contribution >= 0.6 is 11.6 Å². The molecular weight excluding hydrogens is 306 g/mol. The van der Waals surface area contributed by atoms with Crippen LogP contribution in [0.2, 0.25) is 5.02 Å². The Morgan fingerprint density at radius 2 is 1.91 bits per heavy atom. The number of nitrogens with one attached hydrogen (secondary N) is 1. The number of fused-ring (bicyclic) bond motifs is 1. The van der Waals surface area contributed by atoms with Gasteiger partial charge < -0.3 is 15.5 Å². The van der Waals surface area contributed by atoms with E-state index >= 15 is 0 Å². The summed E-state index contributed by atoms with van der Waals surface area (Å²) in [6.45, 7) is 4.39. The maximum atomic E-state index is 9.79. The first kappa shape index (κ1) is 18.5. The highest BCUT2D eigenvalue weighted by Crippen LogP contribution is 2.25. The van der Waals surface area contributed by atoms with Gasteiger partial charge in [0.15, 0.2) is 0 Å². The Labute approximate surface area is 135 Å². The first-order chi connectivity index (χ1) is 10.4. The second-order valence-corrected chi connectivity index (χ2v) is 5.78. The van der Waals surface area contributed by atoms with Crippen LogP contribution in [-0.2, 0) is 16.0 Å². The van der Waals surface area contributed by atoms with Crippen LogP contribution in [0.15, 0.2) is 18.2 Å². The highest BCUT2D eigenvalue weighted by molar-refractivity contribution is 6.30. The standard InChI is InChI=1S/C11H14ClN.C5H8O4/c1-8-7-13-5-4-9-2-3-10(12)6-11(8)9;6-4(7)2-1-3-5(8)9/h2-3,6,8,13H,4-5,7H2,1H3;1-3H2,(H,6,7)(H,8,9)/t8-;/m0./s1. The zero-order valence-corrected chi connectivity index (χ0v) is 13.4. The number of halogens is 1. The fraction of sp³-hybridized carbons (Fsp3) is 0.500. The Morgan fingerprint density at radius 1 is 1.27 bits per heavy atom. The summed E-state index contributed by atoms with van der Waals surface area (Å²) in [5, 5.41) is 20.3. The van der Waals surface area contributed by atoms with Crippen LogP contribution in [0.25, 0.3) is 0 Å². The van der Waals surface area contributed by atoms with E-state index in [-0.39, 0.29) is 19.3 Å². The summed E-state index contributed by atoms with van der Waals surface area (Å²) in [5.74, 6) is -1.32. The van der Waals surface area contributed by atoms with Gasteiger partial charge in [0, 0.05) is 24.4 Å². The fourth-order valence-electron chi connectivity index (χ4n) is 2.29. The van der Waals surface area contributed by atoms with E-state index in [2.05, 4.69) is 24.4 Å². The average molecular weight is 328 g/mol. The monoisotopic (exact) mass is 327 g/mol. The van der Waals surface area contributed by atoms with E-state index in [4.69, 9.17) is 21.8 Å². The van der Waals surface area contributed by atoms with Gasteiger partial charge in [-0.1, -0.05) is 24.6 Å². The van der Waals surface area contributed by atoms with Gasteiger partial charge in [0.25, 0.3) is 0 Å². The molecule has 1 aromatic rings. The molecule has 3 N–H and O–H groups in total. The molecule has 22 heavy (non-hydrogen) atoms. The summed E-state index contributed by atoms with van der Waals surface area (Å²) in [7, 11) is 0. The summed E-state index contributed by atoms with van der Waals surface area (Å²) < 4.78 is 0. The average Bonchev–Trinajstić information content (AvgIpc) is 2.61. The topological polar surface area (TPSA) is 86.6 Å². The molecule has 0 fully saturated rings. The van der Waals surface area contributed by atoms with Crippen molar-refractivity contribution in [3.8, 4) is 0 Å². The first-order valence-electron chi connectivity index (χ1n) is 7.32. The summed E-state index contributed by atoms with van der Waals surface area (Å²) in [4.78, 5) is 19.6. The third-order valence-electron chi connectivity index (χ3n) is 3.44. The van der Waals surface area contributed by atoms with Crippen LogP contribution in [0.5, 0.6) is 0 Å². The van der Waals surface area contributed by atoms with Gasteiger partial charge >= 0.3 is 11.9 Å². The zero-order chi connectivity index (χ0) is 16.5. The molecule has 0 amide bonds. The van der Waals surface area contributed by atoms with Crippen molar-refractivity contribution in [3.63, 3.8) is 0 Å². The lowest BCUT2D eigenvalue weighted by molar-refractivity contribution is -0.138. The van der Waals surface area contributed by atoms with Crippen LogP contribution in [0, 0.1) is 0 Å². The molecule has 1 atom stereocenters. The molecule has 1 aliphatic heterocycles. The molecule has 0 spiro atoms. The number of hydrogen-bond acceptors (Lipinski definition) is 3. The Hall–Kier alpha value is -1.59. The fourth-order valence-corrected chi connectivity index (χ4v) is 2.48. The Balaban J connectivity index is 0.000000239. The number of carbonyl (C=O) groups is 2. The molecule has 6 heteroatoms. The maximum absolute atomic E-state index is 9.79. The molecule has 0 radical (unpaired) electrons. The highest BCUT2D eigenvalue weighted by atomic mass is 35.5. The SMILES string of the molecule is C[C@H]1CNCCc2ccc(Cl)cc21.O=C(O)CCCC(=O)O. The van der Waals surface area contributed by atoms with E-state index in [1.54, 1.807) is 0 Å². The van der Waals surface area contributed by atoms with Crippen LogP contribution in [0.4, 0.5) is 0 Å². The quantitative estimate of drug-likeness (QED) is 0.791. The van der Waals surface area contributed by atoms with E-state index in [0.717, 1.165) is 24.5 Å². The molecule has 0 aromatic heterocycles. The number of aliphatic carboxylic acids is 2. The van der Waals surface area contributed by atoms with Gasteiger partial charge in [0.05, 0.1) is 0 Å². The number of carboxylic acids is 2. The predicted octanol–water partition coefficient (Wildman–Crippen LogP) is 2.92. The van der Waals surface area contributed by atoms with Crippen molar-refractivity contribution in [1.29, 1.82) is 0 Å². The minimum atomic E-state index is -0.948. The van der Waals surface area contributed by atoms with Gasteiger partial charge in [-0.3, -0.25) is 9.59 Å². The molecule has 1 heterocycles. The molecule has 0 bridgehead atoms. The molecule has 5 nitrogen and oxygen atoms in total. The summed E-state index contributed by atoms with van der Waals surface area (Å²) in [6.07, 6.45) is 1.21. The molecule has 0 unspecified atom stereocenters. The van der Waals surface area contributed by atoms with Crippen LogP contribution in [0.3, 0.4) is 0 Å². The van der Waals surface area contributed by atoms with E-state index in [0.29, 0.717) is 5.92 Å². The molecule has 1 aliphatic rings. The first-order valence-corrected chi connectivity index (χ1v) is 7.70. The Morgan fingerprint density at radius 3 is 2.50 bits per heavy atom. The van der Waals surface area contributed by atoms with Crippen molar-refractivity contribution in [3.05, 3.63) is 34.3 Å². The van der Waals surface area contributed by atoms with Crippen molar-refractivity contribution in [1.82, 2.24) is 5.32 Å². The summed E-state index contributed by atoms with van der Waals surface area (Å²) in [5.41, 5.74) is 2.86. The lowest BCUT2D eigenvalue weighted by Gasteiger charge is -2.11. The lowest BCUT2D eigenvalue weighted by atomic mass is 9.96. The second kappa shape index (κ2) is 9.43. The molecule has 0 saturated heterocycles. The Bertz CT molecular complexity index is 505. The Kier molecular flexibility index (Phi) is 7.91. The predicted molar refractivity (Wildman–Crippen MR) is 85.6 cm³/mol. The summed E-state index contributed by atoms with van der Waals surface area (Å²) >= 11 is 5.97. The normalized spacial score (nSPS) is 16.7. The van der Waals surface area contributed by atoms with Crippen molar-refractivity contribution in [2.24, 2.45) is 0 Å². The van der Waals surface area contributed by atoms with E-state index in [1.165, 1.54) is 11.1 Å². The van der Waals surface area contributed by atoms with E-state index in [9.17, 15) is 9.59 Å². The third kappa shape index (κ3) is 6.91. The van der Waals surface area contributed by atoms with Crippen LogP contribution in [0.1, 0.15) is 43.2 Å². The molecular formula is C16H22ClNO4. The van der Waals surface area contributed by atoms with Gasteiger partial charge in [0.2, 0.25) is 0 Å². The minimum absolute atomic E-state index is 0.0632. The van der Waals surface area contributed by atoms with E-state index < -0.39 is 11.9 Å². The zero-order valence-electron chi connectivity index (χ0n) is 12.6. The lowest BCUT2D eigenvalue weighted by Crippen LogP contribution is -2.18. The van der Waals surface area contributed by atoms with Gasteiger partial charge in [-0.25, -0.2) is 0 Å². The third-order valence-corrected chi connectivity index (χ3v) is 3.68. The molecule has 1 aromatic carbocycles. The highest BCUT2D eigenvalue weighted by Gasteiger charge is 2.14. The van der Waals surface area contributed by atoms with Gasteiger partial charge in [0.1, 0.15) is 0 Å². The molecule has 0 saturated carbocycles. The number of hydrogen-bond donors (Lipinski definition) is 3. The van der Waals surface area contributed by atoms with Crippen molar-refractivity contribution >= 4 is 23.5 Å². The number of rotatable bonds is 4. The second-order valence-electron chi connectivity index (χ2n) is 5.34. The molecule has 0 aliphatic carbocycles. The number of carboxylic acid groups (broad SMARTS) is 2. The largest absolute Gasteiger partial charge is 0.481 e. The number of benzene rings is 1. The van der Waals surface area contributed by atoms with Crippen LogP contribution < -0.4 is 5.32 Å². The minimum Gasteiger partial charge on any atom is -0.481 e. The maximum Gasteiger partial charge on any atom is 0.303 e. The van der Waals surface area contributed by atoms with Gasteiger partial charge in [-0.15, -0.1) is 0 Å². The van der Waals surface area contributed by atoms with Gasteiger partial charge in [-0.05, 0) is 48.6 Å².